The predicted molar refractivity (Wildman–Crippen MR) is 74.7 cm³/mol. The van der Waals surface area contributed by atoms with Crippen LogP contribution in [0.2, 0.25) is 0 Å². The lowest BCUT2D eigenvalue weighted by Crippen LogP contribution is -2.15. The van der Waals surface area contributed by atoms with Gasteiger partial charge in [-0.3, -0.25) is 0 Å². The topological polar surface area (TPSA) is 129 Å². The number of aliphatic hydroxyl groups is 1. The Bertz CT molecular complexity index is 578. The zero-order valence-corrected chi connectivity index (χ0v) is 10.7. The molecule has 20 heavy (non-hydrogen) atoms. The standard InChI is InChI=1S/C12H16N6O2/c13-4-5-14-10-16-11(18-12(20)17-10)15-9-3-1-2-8(6-9)7-19/h1-3,6,19H,4-5,7,13H2,(H3,14,15,16,17,18,20). The molecule has 0 unspecified atom stereocenters. The first-order valence-corrected chi connectivity index (χ1v) is 6.07. The van der Waals surface area contributed by atoms with E-state index >= 15 is 0 Å². The smallest absolute Gasteiger partial charge is 0.320 e. The van der Waals surface area contributed by atoms with Crippen LogP contribution in [0.1, 0.15) is 5.56 Å². The highest BCUT2D eigenvalue weighted by Gasteiger charge is 2.05. The second-order valence-corrected chi connectivity index (χ2v) is 3.98. The molecule has 0 amide bonds. The molecule has 0 radical (unpaired) electrons. The van der Waals surface area contributed by atoms with Crippen LogP contribution in [-0.2, 0) is 6.61 Å². The van der Waals surface area contributed by atoms with Gasteiger partial charge in [-0.2, -0.15) is 15.0 Å². The molecule has 2 aromatic rings. The molecule has 0 atom stereocenters. The molecule has 0 aliphatic carbocycles. The number of hydrogen-bond acceptors (Lipinski definition) is 8. The fourth-order valence-electron chi connectivity index (χ4n) is 1.56. The average Bonchev–Trinajstić information content (AvgIpc) is 2.44. The summed E-state index contributed by atoms with van der Waals surface area (Å²) in [6.45, 7) is 0.859. The molecule has 2 rings (SSSR count). The van der Waals surface area contributed by atoms with Crippen molar-refractivity contribution in [3.63, 3.8) is 0 Å². The maximum atomic E-state index is 9.46. The van der Waals surface area contributed by atoms with Gasteiger partial charge in [0, 0.05) is 18.8 Å². The summed E-state index contributed by atoms with van der Waals surface area (Å²) in [6, 6.07) is 6.76. The third-order valence-electron chi connectivity index (χ3n) is 2.42. The Kier molecular flexibility index (Phi) is 4.64. The maximum Gasteiger partial charge on any atom is 0.320 e. The van der Waals surface area contributed by atoms with E-state index in [4.69, 9.17) is 10.8 Å². The van der Waals surface area contributed by atoms with Gasteiger partial charge in [0.05, 0.1) is 6.61 Å². The normalized spacial score (nSPS) is 10.3. The summed E-state index contributed by atoms with van der Waals surface area (Å²) in [6.07, 6.45) is 0. The van der Waals surface area contributed by atoms with E-state index in [-0.39, 0.29) is 24.5 Å². The monoisotopic (exact) mass is 276 g/mol. The average molecular weight is 276 g/mol. The van der Waals surface area contributed by atoms with Crippen molar-refractivity contribution in [1.29, 1.82) is 0 Å². The second-order valence-electron chi connectivity index (χ2n) is 3.98. The number of aromatic hydroxyl groups is 1. The van der Waals surface area contributed by atoms with Crippen molar-refractivity contribution >= 4 is 17.6 Å². The molecule has 6 N–H and O–H groups in total. The summed E-state index contributed by atoms with van der Waals surface area (Å²) in [5.74, 6) is 0.441. The highest BCUT2D eigenvalue weighted by Crippen LogP contribution is 2.17. The molecule has 0 fully saturated rings. The van der Waals surface area contributed by atoms with Crippen LogP contribution in [0.25, 0.3) is 0 Å². The molecule has 106 valence electrons. The third-order valence-corrected chi connectivity index (χ3v) is 2.42. The molecule has 0 bridgehead atoms. The van der Waals surface area contributed by atoms with Crippen LogP contribution in [0.15, 0.2) is 24.3 Å². The number of aliphatic hydroxyl groups excluding tert-OH is 1. The second kappa shape index (κ2) is 6.64. The molecule has 8 nitrogen and oxygen atoms in total. The van der Waals surface area contributed by atoms with E-state index in [1.165, 1.54) is 0 Å². The summed E-state index contributed by atoms with van der Waals surface area (Å²) in [5, 5.41) is 24.3. The Labute approximate surface area is 115 Å². The Morgan fingerprint density at radius 1 is 1.15 bits per heavy atom. The minimum absolute atomic E-state index is 0.0543. The molecule has 8 heteroatoms. The predicted octanol–water partition coefficient (Wildman–Crippen LogP) is 0.184. The first kappa shape index (κ1) is 14.0. The molecule has 0 spiro atoms. The van der Waals surface area contributed by atoms with E-state index in [0.29, 0.717) is 18.8 Å². The van der Waals surface area contributed by atoms with E-state index in [2.05, 4.69) is 25.6 Å². The van der Waals surface area contributed by atoms with Gasteiger partial charge in [0.25, 0.3) is 0 Å². The lowest BCUT2D eigenvalue weighted by Gasteiger charge is -2.08. The minimum Gasteiger partial charge on any atom is -0.479 e. The molecular weight excluding hydrogens is 260 g/mol. The number of nitrogens with one attached hydrogen (secondary N) is 2. The molecule has 1 heterocycles. The van der Waals surface area contributed by atoms with Crippen molar-refractivity contribution < 1.29 is 10.2 Å². The van der Waals surface area contributed by atoms with Crippen molar-refractivity contribution in [3.8, 4) is 6.01 Å². The van der Waals surface area contributed by atoms with Crippen LogP contribution in [0.3, 0.4) is 0 Å². The van der Waals surface area contributed by atoms with Crippen LogP contribution >= 0.6 is 0 Å². The Morgan fingerprint density at radius 2 is 1.95 bits per heavy atom. The summed E-state index contributed by atoms with van der Waals surface area (Å²) < 4.78 is 0. The van der Waals surface area contributed by atoms with Crippen LogP contribution in [0.4, 0.5) is 17.6 Å². The van der Waals surface area contributed by atoms with E-state index in [9.17, 15) is 5.11 Å². The largest absolute Gasteiger partial charge is 0.479 e. The fourth-order valence-corrected chi connectivity index (χ4v) is 1.56. The van der Waals surface area contributed by atoms with Crippen molar-refractivity contribution in [3.05, 3.63) is 29.8 Å². The molecule has 0 aliphatic heterocycles. The first-order valence-electron chi connectivity index (χ1n) is 6.07. The molecule has 1 aromatic carbocycles. The molecule has 0 aliphatic rings. The van der Waals surface area contributed by atoms with Gasteiger partial charge < -0.3 is 26.6 Å². The number of hydrogen-bond donors (Lipinski definition) is 5. The third kappa shape index (κ3) is 3.77. The molecule has 1 aromatic heterocycles. The van der Waals surface area contributed by atoms with Crippen molar-refractivity contribution in [2.24, 2.45) is 5.73 Å². The SMILES string of the molecule is NCCNc1nc(O)nc(Nc2cccc(CO)c2)n1. The van der Waals surface area contributed by atoms with Gasteiger partial charge in [0.2, 0.25) is 11.9 Å². The van der Waals surface area contributed by atoms with Gasteiger partial charge in [-0.15, -0.1) is 0 Å². The number of aromatic nitrogens is 3. The lowest BCUT2D eigenvalue weighted by atomic mass is 10.2. The van der Waals surface area contributed by atoms with Crippen LogP contribution in [0, 0.1) is 0 Å². The van der Waals surface area contributed by atoms with Gasteiger partial charge in [0.15, 0.2) is 0 Å². The Balaban J connectivity index is 2.17. The molecule has 0 saturated carbocycles. The molecule has 0 saturated heterocycles. The van der Waals surface area contributed by atoms with Gasteiger partial charge in [-0.05, 0) is 17.7 Å². The number of anilines is 3. The van der Waals surface area contributed by atoms with E-state index in [0.717, 1.165) is 5.56 Å². The van der Waals surface area contributed by atoms with Crippen LogP contribution in [-0.4, -0.2) is 38.3 Å². The molecular formula is C12H16N6O2. The lowest BCUT2D eigenvalue weighted by molar-refractivity contribution is 0.282. The number of nitrogens with zero attached hydrogens (tertiary/aromatic N) is 3. The van der Waals surface area contributed by atoms with Gasteiger partial charge in [-0.1, -0.05) is 12.1 Å². The fraction of sp³-hybridized carbons (Fsp3) is 0.250. The Hall–Kier alpha value is -2.45. The van der Waals surface area contributed by atoms with Crippen molar-refractivity contribution in [2.75, 3.05) is 23.7 Å². The van der Waals surface area contributed by atoms with Gasteiger partial charge in [0.1, 0.15) is 0 Å². The summed E-state index contributed by atoms with van der Waals surface area (Å²) in [5.41, 5.74) is 6.83. The van der Waals surface area contributed by atoms with Crippen LogP contribution in [0.5, 0.6) is 6.01 Å². The first-order chi connectivity index (χ1) is 9.71. The maximum absolute atomic E-state index is 9.46. The van der Waals surface area contributed by atoms with Crippen molar-refractivity contribution in [2.45, 2.75) is 6.61 Å². The number of rotatable bonds is 6. The summed E-state index contributed by atoms with van der Waals surface area (Å²) in [7, 11) is 0. The number of benzene rings is 1. The quantitative estimate of drug-likeness (QED) is 0.505. The number of nitrogens with two attached hydrogens (primary N) is 1. The summed E-state index contributed by atoms with van der Waals surface area (Å²) in [4.78, 5) is 11.6. The minimum atomic E-state index is -0.389. The van der Waals surface area contributed by atoms with Gasteiger partial charge in [-0.25, -0.2) is 0 Å². The van der Waals surface area contributed by atoms with Crippen LogP contribution < -0.4 is 16.4 Å². The van der Waals surface area contributed by atoms with Crippen molar-refractivity contribution in [1.82, 2.24) is 15.0 Å². The van der Waals surface area contributed by atoms with E-state index < -0.39 is 0 Å². The zero-order valence-electron chi connectivity index (χ0n) is 10.7. The zero-order chi connectivity index (χ0) is 14.4. The Morgan fingerprint density at radius 3 is 2.70 bits per heavy atom. The highest BCUT2D eigenvalue weighted by molar-refractivity contribution is 5.55. The summed E-state index contributed by atoms with van der Waals surface area (Å²) >= 11 is 0. The van der Waals surface area contributed by atoms with Gasteiger partial charge >= 0.3 is 6.01 Å². The van der Waals surface area contributed by atoms with E-state index in [1.54, 1.807) is 24.3 Å². The van der Waals surface area contributed by atoms with E-state index in [1.807, 2.05) is 0 Å². The highest BCUT2D eigenvalue weighted by atomic mass is 16.3.